The van der Waals surface area contributed by atoms with Crippen molar-refractivity contribution < 1.29 is 28.6 Å². The number of methoxy groups -OCH3 is 1. The molecule has 166 valence electrons. The molecule has 0 fully saturated rings. The average Bonchev–Trinajstić information content (AvgIpc) is 2.75. The van der Waals surface area contributed by atoms with Gasteiger partial charge in [-0.2, -0.15) is 0 Å². The van der Waals surface area contributed by atoms with Crippen molar-refractivity contribution in [1.29, 1.82) is 0 Å². The number of hydrogen-bond acceptors (Lipinski definition) is 6. The van der Waals surface area contributed by atoms with Crippen molar-refractivity contribution in [1.82, 2.24) is 5.32 Å². The van der Waals surface area contributed by atoms with Crippen LogP contribution in [0.15, 0.2) is 48.5 Å². The molecule has 0 spiro atoms. The number of benzene rings is 2. The fraction of sp³-hybridized carbons (Fsp3) is 0.375. The van der Waals surface area contributed by atoms with Crippen LogP contribution in [0.2, 0.25) is 0 Å². The molecule has 31 heavy (non-hydrogen) atoms. The lowest BCUT2D eigenvalue weighted by atomic mass is 9.98. The highest BCUT2D eigenvalue weighted by atomic mass is 16.6. The van der Waals surface area contributed by atoms with Crippen molar-refractivity contribution >= 4 is 17.8 Å². The van der Waals surface area contributed by atoms with Crippen LogP contribution in [-0.4, -0.2) is 44.2 Å². The molecule has 0 aliphatic rings. The van der Waals surface area contributed by atoms with E-state index in [0.29, 0.717) is 11.7 Å². The molecule has 2 aromatic rings. The highest BCUT2D eigenvalue weighted by Crippen LogP contribution is 2.23. The monoisotopic (exact) mass is 427 g/mol. The standard InChI is InChI=1S/C24H29NO6/c1-16(2)20-11-10-19(12-17(20)3)30-15-23(27)31-14-22(26)25-21(24(28)29-4)13-18-8-6-5-7-9-18/h5-12,16,21H,13-15H2,1-4H3,(H,25,26)/t21-/m1/s1. The van der Waals surface area contributed by atoms with Crippen LogP contribution in [0.25, 0.3) is 0 Å². The summed E-state index contributed by atoms with van der Waals surface area (Å²) in [6.07, 6.45) is 0.266. The van der Waals surface area contributed by atoms with E-state index in [1.807, 2.05) is 49.4 Å². The molecule has 1 N–H and O–H groups in total. The predicted molar refractivity (Wildman–Crippen MR) is 116 cm³/mol. The maximum Gasteiger partial charge on any atom is 0.344 e. The van der Waals surface area contributed by atoms with Gasteiger partial charge in [0.2, 0.25) is 0 Å². The highest BCUT2D eigenvalue weighted by molar-refractivity contribution is 5.86. The van der Waals surface area contributed by atoms with Gasteiger partial charge >= 0.3 is 11.9 Å². The molecule has 1 amide bonds. The highest BCUT2D eigenvalue weighted by Gasteiger charge is 2.22. The lowest BCUT2D eigenvalue weighted by Crippen LogP contribution is -2.44. The average molecular weight is 427 g/mol. The van der Waals surface area contributed by atoms with Gasteiger partial charge in [-0.25, -0.2) is 9.59 Å². The van der Waals surface area contributed by atoms with Crippen molar-refractivity contribution in [3.8, 4) is 5.75 Å². The van der Waals surface area contributed by atoms with Crippen LogP contribution in [0.1, 0.15) is 36.5 Å². The predicted octanol–water partition coefficient (Wildman–Crippen LogP) is 2.94. The lowest BCUT2D eigenvalue weighted by Gasteiger charge is -2.16. The van der Waals surface area contributed by atoms with E-state index >= 15 is 0 Å². The molecule has 0 saturated carbocycles. The first-order valence-electron chi connectivity index (χ1n) is 10.1. The van der Waals surface area contributed by atoms with E-state index in [2.05, 4.69) is 19.2 Å². The third-order valence-corrected chi connectivity index (χ3v) is 4.69. The topological polar surface area (TPSA) is 90.9 Å². The fourth-order valence-electron chi connectivity index (χ4n) is 3.14. The smallest absolute Gasteiger partial charge is 0.344 e. The molecule has 0 bridgehead atoms. The molecule has 0 aliphatic carbocycles. The van der Waals surface area contributed by atoms with Crippen LogP contribution in [0.5, 0.6) is 5.75 Å². The van der Waals surface area contributed by atoms with E-state index in [0.717, 1.165) is 11.1 Å². The molecule has 0 aliphatic heterocycles. The first-order valence-corrected chi connectivity index (χ1v) is 10.1. The summed E-state index contributed by atoms with van der Waals surface area (Å²) in [4.78, 5) is 36.1. The van der Waals surface area contributed by atoms with Gasteiger partial charge in [0, 0.05) is 6.42 Å². The van der Waals surface area contributed by atoms with Gasteiger partial charge in [-0.05, 0) is 41.7 Å². The minimum atomic E-state index is -0.878. The summed E-state index contributed by atoms with van der Waals surface area (Å²) < 4.78 is 15.2. The van der Waals surface area contributed by atoms with E-state index in [1.165, 1.54) is 12.7 Å². The van der Waals surface area contributed by atoms with Gasteiger partial charge in [-0.3, -0.25) is 4.79 Å². The SMILES string of the molecule is COC(=O)[C@@H](Cc1ccccc1)NC(=O)COC(=O)COc1ccc(C(C)C)c(C)c1. The minimum absolute atomic E-state index is 0.266. The van der Waals surface area contributed by atoms with Crippen LogP contribution < -0.4 is 10.1 Å². The Labute approximate surface area is 182 Å². The Hall–Kier alpha value is -3.35. The number of aryl methyl sites for hydroxylation is 1. The third-order valence-electron chi connectivity index (χ3n) is 4.69. The van der Waals surface area contributed by atoms with Crippen molar-refractivity contribution in [2.24, 2.45) is 0 Å². The van der Waals surface area contributed by atoms with Crippen LogP contribution in [0.3, 0.4) is 0 Å². The van der Waals surface area contributed by atoms with Gasteiger partial charge in [0.25, 0.3) is 5.91 Å². The number of esters is 2. The molecule has 0 unspecified atom stereocenters. The number of carbonyl (C=O) groups is 3. The minimum Gasteiger partial charge on any atom is -0.482 e. The molecule has 2 aromatic carbocycles. The first kappa shape index (κ1) is 23.9. The molecule has 0 heterocycles. The summed E-state index contributed by atoms with van der Waals surface area (Å²) in [6.45, 7) is 5.36. The maximum atomic E-state index is 12.2. The second-order valence-electron chi connectivity index (χ2n) is 7.46. The summed E-state index contributed by atoms with van der Waals surface area (Å²) in [6, 6.07) is 14.0. The van der Waals surface area contributed by atoms with Crippen LogP contribution in [0.4, 0.5) is 0 Å². The number of hydrogen-bond donors (Lipinski definition) is 1. The number of ether oxygens (including phenoxy) is 3. The van der Waals surface area contributed by atoms with E-state index in [-0.39, 0.29) is 13.0 Å². The molecule has 0 radical (unpaired) electrons. The van der Waals surface area contributed by atoms with E-state index in [4.69, 9.17) is 14.2 Å². The van der Waals surface area contributed by atoms with Gasteiger partial charge < -0.3 is 19.5 Å². The second kappa shape index (κ2) is 11.7. The van der Waals surface area contributed by atoms with Crippen molar-refractivity contribution in [2.45, 2.75) is 39.2 Å². The quantitative estimate of drug-likeness (QED) is 0.587. The Morgan fingerprint density at radius 3 is 2.32 bits per heavy atom. The summed E-state index contributed by atoms with van der Waals surface area (Å²) in [5, 5.41) is 2.54. The van der Waals surface area contributed by atoms with Crippen molar-refractivity contribution in [3.63, 3.8) is 0 Å². The van der Waals surface area contributed by atoms with E-state index in [9.17, 15) is 14.4 Å². The first-order chi connectivity index (χ1) is 14.8. The van der Waals surface area contributed by atoms with Gasteiger partial charge in [0.1, 0.15) is 11.8 Å². The molecule has 7 heteroatoms. The van der Waals surface area contributed by atoms with Gasteiger partial charge in [0.15, 0.2) is 13.2 Å². The molecule has 0 aromatic heterocycles. The molecule has 0 saturated heterocycles. The Kier molecular flexibility index (Phi) is 9.06. The lowest BCUT2D eigenvalue weighted by molar-refractivity contribution is -0.151. The maximum absolute atomic E-state index is 12.2. The largest absolute Gasteiger partial charge is 0.482 e. The summed E-state index contributed by atoms with van der Waals surface area (Å²) in [5.41, 5.74) is 3.15. The normalized spacial score (nSPS) is 11.5. The zero-order valence-electron chi connectivity index (χ0n) is 18.3. The van der Waals surface area contributed by atoms with Crippen LogP contribution >= 0.6 is 0 Å². The molecular weight excluding hydrogens is 398 g/mol. The number of carbonyl (C=O) groups excluding carboxylic acids is 3. The molecule has 7 nitrogen and oxygen atoms in total. The Balaban J connectivity index is 1.81. The number of nitrogens with one attached hydrogen (secondary N) is 1. The van der Waals surface area contributed by atoms with Gasteiger partial charge in [0.05, 0.1) is 7.11 Å². The summed E-state index contributed by atoms with van der Waals surface area (Å²) >= 11 is 0. The number of amides is 1. The zero-order valence-corrected chi connectivity index (χ0v) is 18.3. The molecule has 2 rings (SSSR count). The van der Waals surface area contributed by atoms with E-state index < -0.39 is 30.5 Å². The molecular formula is C24H29NO6. The third kappa shape index (κ3) is 7.77. The molecule has 1 atom stereocenters. The van der Waals surface area contributed by atoms with Crippen LogP contribution in [0, 0.1) is 6.92 Å². The van der Waals surface area contributed by atoms with Crippen molar-refractivity contribution in [2.75, 3.05) is 20.3 Å². The fourth-order valence-corrected chi connectivity index (χ4v) is 3.14. The second-order valence-corrected chi connectivity index (χ2v) is 7.46. The van der Waals surface area contributed by atoms with Gasteiger partial charge in [-0.15, -0.1) is 0 Å². The zero-order chi connectivity index (χ0) is 22.8. The Morgan fingerprint density at radius 2 is 1.71 bits per heavy atom. The summed E-state index contributed by atoms with van der Waals surface area (Å²) in [7, 11) is 1.25. The van der Waals surface area contributed by atoms with Crippen molar-refractivity contribution in [3.05, 3.63) is 65.2 Å². The Bertz CT molecular complexity index is 894. The summed E-state index contributed by atoms with van der Waals surface area (Å²) in [5.74, 6) is -0.910. The number of rotatable bonds is 10. The Morgan fingerprint density at radius 1 is 1.00 bits per heavy atom. The van der Waals surface area contributed by atoms with Gasteiger partial charge in [-0.1, -0.05) is 50.2 Å². The van der Waals surface area contributed by atoms with Crippen LogP contribution in [-0.2, 0) is 30.3 Å². The van der Waals surface area contributed by atoms with E-state index in [1.54, 1.807) is 6.07 Å².